The molecule has 1 heteroatoms. The first-order valence-corrected chi connectivity index (χ1v) is 19.5. The minimum absolute atomic E-state index is 0.469. The van der Waals surface area contributed by atoms with Crippen LogP contribution in [0.3, 0.4) is 0 Å². The van der Waals surface area contributed by atoms with Gasteiger partial charge in [0.2, 0.25) is 0 Å². The van der Waals surface area contributed by atoms with E-state index < -0.39 is 10.8 Å². The number of hydrogen-bond donors (Lipinski definition) is 0. The lowest BCUT2D eigenvalue weighted by Gasteiger charge is -2.49. The Hall–Kier alpha value is -6.70. The molecule has 1 nitrogen and oxygen atoms in total. The Bertz CT molecular complexity index is 2820. The van der Waals surface area contributed by atoms with Crippen molar-refractivity contribution in [2.75, 3.05) is 4.90 Å². The average molecular weight is 702 g/mol. The second-order valence-corrected chi connectivity index (χ2v) is 15.0. The second kappa shape index (κ2) is 12.4. The molecule has 0 fully saturated rings. The zero-order valence-electron chi connectivity index (χ0n) is 30.6. The van der Waals surface area contributed by atoms with Crippen LogP contribution in [0, 0.1) is 0 Å². The molecule has 3 aliphatic rings. The van der Waals surface area contributed by atoms with Crippen molar-refractivity contribution in [3.05, 3.63) is 263 Å². The van der Waals surface area contributed by atoms with Crippen LogP contribution in [0.4, 0.5) is 11.4 Å². The number of nitrogens with zero attached hydrogens (tertiary/aromatic N) is 1. The van der Waals surface area contributed by atoms with Crippen molar-refractivity contribution < 1.29 is 0 Å². The summed E-state index contributed by atoms with van der Waals surface area (Å²) in [5.74, 6) is 0. The van der Waals surface area contributed by atoms with E-state index in [2.05, 4.69) is 217 Å². The summed E-state index contributed by atoms with van der Waals surface area (Å²) >= 11 is 0. The highest BCUT2D eigenvalue weighted by Gasteiger charge is 2.57. The first kappa shape index (κ1) is 31.8. The Morgan fingerprint density at radius 2 is 1.00 bits per heavy atom. The van der Waals surface area contributed by atoms with Crippen LogP contribution in [0.15, 0.2) is 218 Å². The summed E-state index contributed by atoms with van der Waals surface area (Å²) in [5, 5.41) is 2.47. The monoisotopic (exact) mass is 701 g/mol. The molecule has 8 aromatic carbocycles. The Balaban J connectivity index is 1.26. The van der Waals surface area contributed by atoms with E-state index in [1.165, 1.54) is 77.8 Å². The van der Waals surface area contributed by atoms with Gasteiger partial charge >= 0.3 is 0 Å². The fraction of sp³-hybridized carbons (Fsp3) is 0.0741. The third-order valence-corrected chi connectivity index (χ3v) is 12.4. The van der Waals surface area contributed by atoms with Crippen LogP contribution in [0.2, 0.25) is 0 Å². The van der Waals surface area contributed by atoms with Gasteiger partial charge in [0, 0.05) is 16.8 Å². The molecule has 55 heavy (non-hydrogen) atoms. The molecule has 3 aliphatic carbocycles. The van der Waals surface area contributed by atoms with Crippen LogP contribution in [0.25, 0.3) is 21.9 Å². The molecule has 0 heterocycles. The predicted molar refractivity (Wildman–Crippen MR) is 228 cm³/mol. The largest absolute Gasteiger partial charge is 0.310 e. The summed E-state index contributed by atoms with van der Waals surface area (Å²) in [4.78, 5) is 2.48. The zero-order valence-corrected chi connectivity index (χ0v) is 30.6. The SMILES string of the molecule is C1=CC(N(c2cccc(C3(c4ccccc4)c4ccccc4C4(c5ccccc5)c5ccccc5-c5cccc3c54)c2)c2cccc3ccccc23)=CCC1. The van der Waals surface area contributed by atoms with E-state index in [1.807, 2.05) is 0 Å². The summed E-state index contributed by atoms with van der Waals surface area (Å²) in [6.07, 6.45) is 9.09. The van der Waals surface area contributed by atoms with E-state index >= 15 is 0 Å². The molecule has 8 aromatic rings. The molecule has 260 valence electrons. The van der Waals surface area contributed by atoms with Gasteiger partial charge in [-0.05, 0) is 98.1 Å². The number of hydrogen-bond acceptors (Lipinski definition) is 1. The molecule has 0 aliphatic heterocycles. The van der Waals surface area contributed by atoms with E-state index in [9.17, 15) is 0 Å². The highest BCUT2D eigenvalue weighted by molar-refractivity contribution is 5.98. The van der Waals surface area contributed by atoms with Gasteiger partial charge in [-0.2, -0.15) is 0 Å². The molecule has 0 saturated heterocycles. The second-order valence-electron chi connectivity index (χ2n) is 15.0. The molecule has 2 unspecified atom stereocenters. The summed E-state index contributed by atoms with van der Waals surface area (Å²) in [6.45, 7) is 0. The highest BCUT2D eigenvalue weighted by Crippen LogP contribution is 2.65. The van der Waals surface area contributed by atoms with E-state index in [-0.39, 0.29) is 0 Å². The fourth-order valence-corrected chi connectivity index (χ4v) is 10.3. The van der Waals surface area contributed by atoms with Crippen LogP contribution in [0.5, 0.6) is 0 Å². The van der Waals surface area contributed by atoms with Gasteiger partial charge in [0.05, 0.1) is 16.5 Å². The number of anilines is 2. The van der Waals surface area contributed by atoms with E-state index in [4.69, 9.17) is 0 Å². The lowest BCUT2D eigenvalue weighted by atomic mass is 9.51. The average Bonchev–Trinajstić information content (AvgIpc) is 3.57. The Morgan fingerprint density at radius 3 is 1.78 bits per heavy atom. The molecule has 0 N–H and O–H groups in total. The molecular formula is C54H39N. The number of fused-ring (bicyclic) bond motifs is 6. The van der Waals surface area contributed by atoms with Crippen molar-refractivity contribution in [1.82, 2.24) is 0 Å². The van der Waals surface area contributed by atoms with Crippen molar-refractivity contribution in [1.29, 1.82) is 0 Å². The molecule has 0 saturated carbocycles. The maximum atomic E-state index is 2.48. The summed E-state index contributed by atoms with van der Waals surface area (Å²) in [7, 11) is 0. The van der Waals surface area contributed by atoms with Gasteiger partial charge in [-0.1, -0.05) is 188 Å². The Labute approximate surface area is 323 Å². The topological polar surface area (TPSA) is 3.24 Å². The summed E-state index contributed by atoms with van der Waals surface area (Å²) in [5.41, 5.74) is 15.6. The predicted octanol–water partition coefficient (Wildman–Crippen LogP) is 13.3. The van der Waals surface area contributed by atoms with Gasteiger partial charge in [-0.25, -0.2) is 0 Å². The first-order chi connectivity index (χ1) is 27.3. The third-order valence-electron chi connectivity index (χ3n) is 12.4. The third kappa shape index (κ3) is 4.41. The lowest BCUT2D eigenvalue weighted by Crippen LogP contribution is -2.44. The van der Waals surface area contributed by atoms with Gasteiger partial charge in [0.25, 0.3) is 0 Å². The smallest absolute Gasteiger partial charge is 0.0720 e. The van der Waals surface area contributed by atoms with Crippen molar-refractivity contribution in [3.63, 3.8) is 0 Å². The van der Waals surface area contributed by atoms with Crippen LogP contribution < -0.4 is 4.90 Å². The highest BCUT2D eigenvalue weighted by atomic mass is 15.1. The van der Waals surface area contributed by atoms with E-state index in [1.54, 1.807) is 0 Å². The Kier molecular flexibility index (Phi) is 7.19. The van der Waals surface area contributed by atoms with Crippen LogP contribution >= 0.6 is 0 Å². The molecule has 0 radical (unpaired) electrons. The van der Waals surface area contributed by atoms with Crippen molar-refractivity contribution >= 4 is 22.1 Å². The first-order valence-electron chi connectivity index (χ1n) is 19.5. The van der Waals surface area contributed by atoms with E-state index in [0.717, 1.165) is 18.5 Å². The van der Waals surface area contributed by atoms with Gasteiger partial charge in [-0.3, -0.25) is 0 Å². The molecule has 0 aromatic heterocycles. The summed E-state index contributed by atoms with van der Waals surface area (Å²) < 4.78 is 0. The maximum absolute atomic E-state index is 2.48. The Morgan fingerprint density at radius 1 is 0.418 bits per heavy atom. The normalized spacial score (nSPS) is 18.9. The fourth-order valence-electron chi connectivity index (χ4n) is 10.3. The van der Waals surface area contributed by atoms with Crippen molar-refractivity contribution in [2.45, 2.75) is 23.7 Å². The van der Waals surface area contributed by atoms with Gasteiger partial charge in [0.1, 0.15) is 0 Å². The molecule has 0 bridgehead atoms. The number of benzene rings is 8. The van der Waals surface area contributed by atoms with Crippen molar-refractivity contribution in [3.8, 4) is 11.1 Å². The zero-order chi connectivity index (χ0) is 36.4. The van der Waals surface area contributed by atoms with Crippen LogP contribution in [0.1, 0.15) is 57.3 Å². The molecule has 2 atom stereocenters. The number of rotatable bonds is 6. The van der Waals surface area contributed by atoms with Gasteiger partial charge in [0.15, 0.2) is 0 Å². The summed E-state index contributed by atoms with van der Waals surface area (Å²) in [6, 6.07) is 72.8. The minimum atomic E-state index is -0.610. The van der Waals surface area contributed by atoms with E-state index in [0.29, 0.717) is 0 Å². The molecule has 0 spiro atoms. The lowest BCUT2D eigenvalue weighted by molar-refractivity contribution is 0.626. The standard InChI is InChI=1S/C54H39N/c1-4-21-39(22-5-1)53(41-25-17-28-43(37-41)55(42-26-8-3-9-27-42)51-36-16-20-38-19-10-11-29-44(38)51)48-33-14-15-34-49(48)54(40-23-6-2-7-24-40)47-32-13-12-30-45(47)46-31-18-35-50(53)52(46)54/h1-2,4-8,10-37H,3,9H2. The van der Waals surface area contributed by atoms with Crippen LogP contribution in [-0.4, -0.2) is 0 Å². The van der Waals surface area contributed by atoms with Gasteiger partial charge < -0.3 is 4.90 Å². The van der Waals surface area contributed by atoms with Crippen molar-refractivity contribution in [2.24, 2.45) is 0 Å². The quantitative estimate of drug-likeness (QED) is 0.167. The molecule has 11 rings (SSSR count). The molecular weight excluding hydrogens is 663 g/mol. The van der Waals surface area contributed by atoms with Gasteiger partial charge in [-0.15, -0.1) is 0 Å². The maximum Gasteiger partial charge on any atom is 0.0720 e. The number of allylic oxidation sites excluding steroid dienone is 3. The minimum Gasteiger partial charge on any atom is -0.310 e. The molecule has 0 amide bonds. The van der Waals surface area contributed by atoms with Crippen LogP contribution in [-0.2, 0) is 10.8 Å².